The highest BCUT2D eigenvalue weighted by atomic mass is 16.5. The van der Waals surface area contributed by atoms with Crippen LogP contribution in [0.1, 0.15) is 46.0 Å². The Morgan fingerprint density at radius 2 is 2.20 bits per heavy atom. The maximum absolute atomic E-state index is 10.9. The van der Waals surface area contributed by atoms with Crippen molar-refractivity contribution in [3.8, 4) is 11.8 Å². The van der Waals surface area contributed by atoms with Crippen molar-refractivity contribution in [2.75, 3.05) is 6.61 Å². The number of allylic oxidation sites excluding steroid dienone is 2. The average Bonchev–Trinajstić information content (AvgIpc) is 2.22. The molecule has 0 aliphatic rings. The first-order chi connectivity index (χ1) is 7.31. The molecule has 0 aromatic heterocycles. The molecule has 2 nitrogen and oxygen atoms in total. The van der Waals surface area contributed by atoms with Crippen LogP contribution >= 0.6 is 0 Å². The molecule has 15 heavy (non-hydrogen) atoms. The van der Waals surface area contributed by atoms with Gasteiger partial charge in [-0.15, -0.1) is 0 Å². The third kappa shape index (κ3) is 10.7. The fourth-order valence-corrected chi connectivity index (χ4v) is 0.973. The molecule has 0 fully saturated rings. The Hall–Kier alpha value is -1.23. The lowest BCUT2D eigenvalue weighted by Gasteiger charge is -1.97. The van der Waals surface area contributed by atoms with Crippen LogP contribution < -0.4 is 0 Å². The summed E-state index contributed by atoms with van der Waals surface area (Å²) < 4.78 is 4.79. The van der Waals surface area contributed by atoms with Gasteiger partial charge >= 0.3 is 5.97 Å². The van der Waals surface area contributed by atoms with E-state index in [0.717, 1.165) is 12.8 Å². The van der Waals surface area contributed by atoms with E-state index in [0.29, 0.717) is 19.4 Å². The van der Waals surface area contributed by atoms with Crippen molar-refractivity contribution in [3.05, 3.63) is 12.2 Å². The van der Waals surface area contributed by atoms with E-state index in [-0.39, 0.29) is 5.97 Å². The van der Waals surface area contributed by atoms with Crippen LogP contribution in [-0.4, -0.2) is 12.6 Å². The standard InChI is InChI=1S/C13H20O2/c1-3-5-6-7-8-9-10-11-12-13(14)15-4-2/h9-10H,3-6,11-12H2,1-2H3/b10-9+. The summed E-state index contributed by atoms with van der Waals surface area (Å²) in [4.78, 5) is 10.9. The summed E-state index contributed by atoms with van der Waals surface area (Å²) in [6.45, 7) is 4.42. The molecular formula is C13H20O2. The second kappa shape index (κ2) is 10.8. The smallest absolute Gasteiger partial charge is 0.306 e. The van der Waals surface area contributed by atoms with Crippen molar-refractivity contribution < 1.29 is 9.53 Å². The van der Waals surface area contributed by atoms with E-state index in [1.54, 1.807) is 0 Å². The lowest BCUT2D eigenvalue weighted by molar-refractivity contribution is -0.142. The minimum Gasteiger partial charge on any atom is -0.466 e. The van der Waals surface area contributed by atoms with E-state index in [4.69, 9.17) is 4.74 Å². The Kier molecular flexibility index (Phi) is 9.96. The molecule has 2 heteroatoms. The van der Waals surface area contributed by atoms with Crippen molar-refractivity contribution in [1.82, 2.24) is 0 Å². The van der Waals surface area contributed by atoms with Gasteiger partial charge in [-0.3, -0.25) is 4.79 Å². The molecule has 0 unspecified atom stereocenters. The van der Waals surface area contributed by atoms with E-state index in [1.165, 1.54) is 6.42 Å². The van der Waals surface area contributed by atoms with Gasteiger partial charge in [-0.2, -0.15) is 0 Å². The molecule has 0 spiro atoms. The average molecular weight is 208 g/mol. The van der Waals surface area contributed by atoms with Gasteiger partial charge in [0.25, 0.3) is 0 Å². The Morgan fingerprint density at radius 3 is 2.87 bits per heavy atom. The number of carbonyl (C=O) groups is 1. The van der Waals surface area contributed by atoms with Gasteiger partial charge in [0.15, 0.2) is 0 Å². The van der Waals surface area contributed by atoms with Gasteiger partial charge in [-0.1, -0.05) is 31.3 Å². The maximum Gasteiger partial charge on any atom is 0.306 e. The maximum atomic E-state index is 10.9. The first-order valence-electron chi connectivity index (χ1n) is 5.60. The van der Waals surface area contributed by atoms with E-state index in [2.05, 4.69) is 18.8 Å². The van der Waals surface area contributed by atoms with Crippen molar-refractivity contribution in [2.24, 2.45) is 0 Å². The van der Waals surface area contributed by atoms with Gasteiger partial charge in [0, 0.05) is 12.8 Å². The van der Waals surface area contributed by atoms with Gasteiger partial charge < -0.3 is 4.74 Å². The first-order valence-corrected chi connectivity index (χ1v) is 5.60. The Bertz CT molecular complexity index is 243. The van der Waals surface area contributed by atoms with E-state index in [1.807, 2.05) is 19.1 Å². The number of ether oxygens (including phenoxy) is 1. The van der Waals surface area contributed by atoms with Crippen LogP contribution in [0.2, 0.25) is 0 Å². The zero-order valence-corrected chi connectivity index (χ0v) is 9.71. The molecule has 0 aliphatic heterocycles. The fraction of sp³-hybridized carbons (Fsp3) is 0.615. The van der Waals surface area contributed by atoms with Crippen LogP contribution in [0.5, 0.6) is 0 Å². The molecule has 0 N–H and O–H groups in total. The van der Waals surface area contributed by atoms with Crippen molar-refractivity contribution in [3.63, 3.8) is 0 Å². The van der Waals surface area contributed by atoms with Crippen molar-refractivity contribution in [1.29, 1.82) is 0 Å². The summed E-state index contributed by atoms with van der Waals surface area (Å²) in [5.74, 6) is 5.85. The normalized spacial score (nSPS) is 9.73. The monoisotopic (exact) mass is 208 g/mol. The molecule has 0 saturated carbocycles. The molecular weight excluding hydrogens is 188 g/mol. The van der Waals surface area contributed by atoms with E-state index in [9.17, 15) is 4.79 Å². The van der Waals surface area contributed by atoms with Crippen LogP contribution in [0.15, 0.2) is 12.2 Å². The van der Waals surface area contributed by atoms with Gasteiger partial charge in [0.1, 0.15) is 0 Å². The van der Waals surface area contributed by atoms with Gasteiger partial charge in [-0.25, -0.2) is 0 Å². The van der Waals surface area contributed by atoms with Gasteiger partial charge in [0.2, 0.25) is 0 Å². The molecule has 0 aliphatic carbocycles. The molecule has 0 atom stereocenters. The lowest BCUT2D eigenvalue weighted by atomic mass is 10.2. The van der Waals surface area contributed by atoms with Crippen LogP contribution in [0.3, 0.4) is 0 Å². The molecule has 0 amide bonds. The summed E-state index contributed by atoms with van der Waals surface area (Å²) in [6, 6.07) is 0. The molecule has 0 aromatic carbocycles. The number of carbonyl (C=O) groups excluding carboxylic acids is 1. The zero-order chi connectivity index (χ0) is 11.4. The minimum atomic E-state index is -0.138. The van der Waals surface area contributed by atoms with E-state index >= 15 is 0 Å². The highest BCUT2D eigenvalue weighted by molar-refractivity contribution is 5.69. The summed E-state index contributed by atoms with van der Waals surface area (Å²) >= 11 is 0. The molecule has 84 valence electrons. The highest BCUT2D eigenvalue weighted by Crippen LogP contribution is 1.94. The minimum absolute atomic E-state index is 0.138. The third-order valence-corrected chi connectivity index (χ3v) is 1.78. The van der Waals surface area contributed by atoms with Crippen LogP contribution in [-0.2, 0) is 9.53 Å². The molecule has 0 aromatic rings. The second-order valence-corrected chi connectivity index (χ2v) is 3.17. The van der Waals surface area contributed by atoms with Gasteiger partial charge in [0.05, 0.1) is 6.61 Å². The van der Waals surface area contributed by atoms with Crippen molar-refractivity contribution >= 4 is 5.97 Å². The topological polar surface area (TPSA) is 26.3 Å². The lowest BCUT2D eigenvalue weighted by Crippen LogP contribution is -2.02. The number of rotatable bonds is 6. The van der Waals surface area contributed by atoms with Crippen molar-refractivity contribution in [2.45, 2.75) is 46.0 Å². The van der Waals surface area contributed by atoms with Crippen LogP contribution in [0.4, 0.5) is 0 Å². The predicted octanol–water partition coefficient (Wildman–Crippen LogP) is 3.08. The highest BCUT2D eigenvalue weighted by Gasteiger charge is 1.97. The van der Waals surface area contributed by atoms with Gasteiger partial charge in [-0.05, 0) is 25.8 Å². The Labute approximate surface area is 92.7 Å². The summed E-state index contributed by atoms with van der Waals surface area (Å²) in [7, 11) is 0. The largest absolute Gasteiger partial charge is 0.466 e. The molecule has 0 bridgehead atoms. The number of hydrogen-bond donors (Lipinski definition) is 0. The quantitative estimate of drug-likeness (QED) is 0.381. The molecule has 0 saturated heterocycles. The zero-order valence-electron chi connectivity index (χ0n) is 9.71. The Morgan fingerprint density at radius 1 is 1.40 bits per heavy atom. The molecule has 0 rings (SSSR count). The SMILES string of the molecule is CCCCC#C/C=C/CCC(=O)OCC. The van der Waals surface area contributed by atoms with Crippen LogP contribution in [0.25, 0.3) is 0 Å². The summed E-state index contributed by atoms with van der Waals surface area (Å²) in [5.41, 5.74) is 0. The second-order valence-electron chi connectivity index (χ2n) is 3.17. The first kappa shape index (κ1) is 13.8. The molecule has 0 heterocycles. The predicted molar refractivity (Wildman–Crippen MR) is 62.3 cm³/mol. The van der Waals surface area contributed by atoms with Crippen LogP contribution in [0, 0.1) is 11.8 Å². The summed E-state index contributed by atoms with van der Waals surface area (Å²) in [6.07, 6.45) is 8.18. The number of unbranched alkanes of at least 4 members (excludes halogenated alkanes) is 2. The molecule has 0 radical (unpaired) electrons. The Balaban J connectivity index is 3.44. The van der Waals surface area contributed by atoms with E-state index < -0.39 is 0 Å². The fourth-order valence-electron chi connectivity index (χ4n) is 0.973. The summed E-state index contributed by atoms with van der Waals surface area (Å²) in [5, 5.41) is 0. The third-order valence-electron chi connectivity index (χ3n) is 1.78. The number of esters is 1. The number of hydrogen-bond acceptors (Lipinski definition) is 2.